The van der Waals surface area contributed by atoms with E-state index in [4.69, 9.17) is 0 Å². The van der Waals surface area contributed by atoms with Crippen molar-refractivity contribution in [3.05, 3.63) is 0 Å². The standard InChI is InChI=1S/C22H44N2O2S2/c1-5-7-9-11-13-15-17-23-21(25)19(3)27-28-20(4)22(26)24-18-16-14-12-10-8-6-2/h19-20H,5-18H2,1-4H3,(H,23,25)(H,24,26). The van der Waals surface area contributed by atoms with Gasteiger partial charge in [-0.3, -0.25) is 9.59 Å². The van der Waals surface area contributed by atoms with E-state index in [-0.39, 0.29) is 22.3 Å². The van der Waals surface area contributed by atoms with E-state index < -0.39 is 0 Å². The first-order valence-corrected chi connectivity index (χ1v) is 13.7. The Morgan fingerprint density at radius 1 is 0.607 bits per heavy atom. The number of carbonyl (C=O) groups excluding carboxylic acids is 2. The summed E-state index contributed by atoms with van der Waals surface area (Å²) in [4.78, 5) is 24.3. The van der Waals surface area contributed by atoms with Gasteiger partial charge >= 0.3 is 0 Å². The summed E-state index contributed by atoms with van der Waals surface area (Å²) in [6.45, 7) is 9.78. The van der Waals surface area contributed by atoms with Gasteiger partial charge in [-0.2, -0.15) is 0 Å². The fraction of sp³-hybridized carbons (Fsp3) is 0.909. The predicted octanol–water partition coefficient (Wildman–Crippen LogP) is 6.10. The van der Waals surface area contributed by atoms with Gasteiger partial charge in [0, 0.05) is 13.1 Å². The molecule has 0 aliphatic carbocycles. The molecule has 0 rings (SSSR count). The summed E-state index contributed by atoms with van der Waals surface area (Å²) in [5.41, 5.74) is 0. The number of hydrogen-bond donors (Lipinski definition) is 2. The second-order valence-corrected chi connectivity index (χ2v) is 10.5. The first-order valence-electron chi connectivity index (χ1n) is 11.4. The molecule has 0 aliphatic heterocycles. The molecule has 2 atom stereocenters. The molecule has 28 heavy (non-hydrogen) atoms. The highest BCUT2D eigenvalue weighted by atomic mass is 33.1. The maximum Gasteiger partial charge on any atom is 0.233 e. The molecule has 4 nitrogen and oxygen atoms in total. The van der Waals surface area contributed by atoms with E-state index in [9.17, 15) is 9.59 Å². The van der Waals surface area contributed by atoms with Crippen LogP contribution >= 0.6 is 21.6 Å². The highest BCUT2D eigenvalue weighted by Gasteiger charge is 2.18. The van der Waals surface area contributed by atoms with E-state index in [2.05, 4.69) is 24.5 Å². The average molecular weight is 433 g/mol. The maximum atomic E-state index is 12.1. The first-order chi connectivity index (χ1) is 13.5. The lowest BCUT2D eigenvalue weighted by Crippen LogP contribution is -2.33. The summed E-state index contributed by atoms with van der Waals surface area (Å²) < 4.78 is 0. The molecule has 0 saturated carbocycles. The number of unbranched alkanes of at least 4 members (excludes halogenated alkanes) is 10. The van der Waals surface area contributed by atoms with Crippen molar-refractivity contribution < 1.29 is 9.59 Å². The van der Waals surface area contributed by atoms with Crippen molar-refractivity contribution in [3.8, 4) is 0 Å². The first kappa shape index (κ1) is 27.6. The fourth-order valence-electron chi connectivity index (χ4n) is 2.78. The van der Waals surface area contributed by atoms with Gasteiger partial charge in [0.05, 0.1) is 10.5 Å². The number of nitrogens with one attached hydrogen (secondary N) is 2. The van der Waals surface area contributed by atoms with E-state index in [1.54, 1.807) is 0 Å². The molecule has 6 heteroatoms. The summed E-state index contributed by atoms with van der Waals surface area (Å²) >= 11 is 0. The van der Waals surface area contributed by atoms with Gasteiger partial charge in [-0.05, 0) is 26.7 Å². The molecule has 2 amide bonds. The summed E-state index contributed by atoms with van der Waals surface area (Å²) in [5.74, 6) is 0.150. The van der Waals surface area contributed by atoms with E-state index in [1.807, 2.05) is 13.8 Å². The van der Waals surface area contributed by atoms with Crippen LogP contribution in [0.4, 0.5) is 0 Å². The van der Waals surface area contributed by atoms with Gasteiger partial charge in [-0.25, -0.2) is 0 Å². The van der Waals surface area contributed by atoms with Gasteiger partial charge in [0.25, 0.3) is 0 Å². The molecule has 0 aromatic carbocycles. The van der Waals surface area contributed by atoms with E-state index in [1.165, 1.54) is 85.8 Å². The molecule has 0 aromatic heterocycles. The second kappa shape index (κ2) is 19.9. The van der Waals surface area contributed by atoms with Crippen LogP contribution in [0, 0.1) is 0 Å². The molecule has 166 valence electrons. The van der Waals surface area contributed by atoms with Crippen LogP contribution in [0.2, 0.25) is 0 Å². The monoisotopic (exact) mass is 432 g/mol. The molecular formula is C22H44N2O2S2. The summed E-state index contributed by atoms with van der Waals surface area (Å²) in [6, 6.07) is 0. The fourth-order valence-corrected chi connectivity index (χ4v) is 4.97. The zero-order chi connectivity index (χ0) is 21.0. The Morgan fingerprint density at radius 2 is 0.929 bits per heavy atom. The zero-order valence-electron chi connectivity index (χ0n) is 18.7. The second-order valence-electron chi connectivity index (χ2n) is 7.59. The van der Waals surface area contributed by atoms with Gasteiger partial charge in [-0.1, -0.05) is 99.6 Å². The minimum absolute atomic E-state index is 0.0748. The highest BCUT2D eigenvalue weighted by molar-refractivity contribution is 8.77. The van der Waals surface area contributed by atoms with Crippen LogP contribution in [-0.4, -0.2) is 35.4 Å². The van der Waals surface area contributed by atoms with Gasteiger partial charge < -0.3 is 10.6 Å². The predicted molar refractivity (Wildman–Crippen MR) is 127 cm³/mol. The lowest BCUT2D eigenvalue weighted by atomic mass is 10.1. The third-order valence-electron chi connectivity index (χ3n) is 4.74. The Morgan fingerprint density at radius 3 is 1.29 bits per heavy atom. The van der Waals surface area contributed by atoms with Crippen molar-refractivity contribution in [3.63, 3.8) is 0 Å². The molecule has 2 N–H and O–H groups in total. The number of rotatable bonds is 19. The Labute approximate surface area is 181 Å². The summed E-state index contributed by atoms with van der Waals surface area (Å²) in [7, 11) is 2.98. The Kier molecular flexibility index (Phi) is 19.7. The van der Waals surface area contributed by atoms with E-state index in [0.29, 0.717) is 0 Å². The molecule has 0 heterocycles. The van der Waals surface area contributed by atoms with Crippen molar-refractivity contribution in [2.45, 2.75) is 115 Å². The largest absolute Gasteiger partial charge is 0.355 e. The van der Waals surface area contributed by atoms with Crippen molar-refractivity contribution in [1.29, 1.82) is 0 Å². The van der Waals surface area contributed by atoms with Gasteiger partial charge in [-0.15, -0.1) is 0 Å². The minimum atomic E-state index is -0.140. The minimum Gasteiger partial charge on any atom is -0.355 e. The van der Waals surface area contributed by atoms with Crippen LogP contribution in [0.25, 0.3) is 0 Å². The molecule has 0 bridgehead atoms. The molecule has 0 aliphatic rings. The van der Waals surface area contributed by atoms with E-state index >= 15 is 0 Å². The van der Waals surface area contributed by atoms with Gasteiger partial charge in [0.15, 0.2) is 0 Å². The Balaban J connectivity index is 3.69. The molecule has 0 fully saturated rings. The molecule has 0 spiro atoms. The van der Waals surface area contributed by atoms with Crippen molar-refractivity contribution in [2.75, 3.05) is 13.1 Å². The van der Waals surface area contributed by atoms with Crippen molar-refractivity contribution in [2.24, 2.45) is 0 Å². The Bertz CT molecular complexity index is 359. The van der Waals surface area contributed by atoms with Gasteiger partial charge in [0.1, 0.15) is 0 Å². The smallest absolute Gasteiger partial charge is 0.233 e. The molecule has 2 unspecified atom stereocenters. The van der Waals surface area contributed by atoms with Crippen LogP contribution in [0.5, 0.6) is 0 Å². The van der Waals surface area contributed by atoms with E-state index in [0.717, 1.165) is 25.9 Å². The Hall–Kier alpha value is -0.360. The van der Waals surface area contributed by atoms with Crippen molar-refractivity contribution in [1.82, 2.24) is 10.6 Å². The van der Waals surface area contributed by atoms with Crippen LogP contribution in [0.15, 0.2) is 0 Å². The topological polar surface area (TPSA) is 58.2 Å². The molecule has 0 aromatic rings. The van der Waals surface area contributed by atoms with Gasteiger partial charge in [0.2, 0.25) is 11.8 Å². The van der Waals surface area contributed by atoms with Crippen LogP contribution in [0.1, 0.15) is 105 Å². The third-order valence-corrected chi connectivity index (χ3v) is 7.92. The average Bonchev–Trinajstić information content (AvgIpc) is 2.69. The lowest BCUT2D eigenvalue weighted by Gasteiger charge is -2.15. The van der Waals surface area contributed by atoms with Crippen molar-refractivity contribution >= 4 is 33.4 Å². The summed E-state index contributed by atoms with van der Waals surface area (Å²) in [5, 5.41) is 5.75. The molecular weight excluding hydrogens is 388 g/mol. The number of carbonyl (C=O) groups is 2. The highest BCUT2D eigenvalue weighted by Crippen LogP contribution is 2.31. The normalized spacial score (nSPS) is 13.1. The molecule has 0 radical (unpaired) electrons. The lowest BCUT2D eigenvalue weighted by molar-refractivity contribution is -0.121. The third kappa shape index (κ3) is 16.6. The SMILES string of the molecule is CCCCCCCCNC(=O)C(C)SSC(C)C(=O)NCCCCCCCC. The zero-order valence-corrected chi connectivity index (χ0v) is 20.3. The molecule has 0 saturated heterocycles. The number of amides is 2. The maximum absolute atomic E-state index is 12.1. The van der Waals surface area contributed by atoms with Crippen LogP contribution < -0.4 is 10.6 Å². The summed E-state index contributed by atoms with van der Waals surface area (Å²) in [6.07, 6.45) is 14.7. The number of hydrogen-bond acceptors (Lipinski definition) is 4. The van der Waals surface area contributed by atoms with Crippen LogP contribution in [-0.2, 0) is 9.59 Å². The quantitative estimate of drug-likeness (QED) is 0.191. The van der Waals surface area contributed by atoms with Crippen LogP contribution in [0.3, 0.4) is 0 Å².